The summed E-state index contributed by atoms with van der Waals surface area (Å²) >= 11 is 0. The lowest BCUT2D eigenvalue weighted by Gasteiger charge is -2.45. The predicted molar refractivity (Wildman–Crippen MR) is 245 cm³/mol. The Balaban J connectivity index is 0.000000108. The Kier molecular flexibility index (Phi) is 11.5. The van der Waals surface area contributed by atoms with Crippen molar-refractivity contribution >= 4 is 30.0 Å². The number of amides is 9. The Morgan fingerprint density at radius 3 is 0.938 bits per heavy atom. The molecule has 12 heterocycles. The van der Waals surface area contributed by atoms with Crippen LogP contribution in [0.3, 0.4) is 0 Å². The van der Waals surface area contributed by atoms with Gasteiger partial charge < -0.3 is 54.3 Å². The lowest BCUT2D eigenvalue weighted by Crippen LogP contribution is -2.58. The first-order valence-electron chi connectivity index (χ1n) is 24.6. The Hall–Kier alpha value is -3.41. The molecule has 0 saturated carbocycles. The first-order valence-corrected chi connectivity index (χ1v) is 24.6. The van der Waals surface area contributed by atoms with E-state index in [4.69, 9.17) is 0 Å². The molecule has 0 radical (unpaired) electrons. The van der Waals surface area contributed by atoms with Crippen LogP contribution in [0.2, 0.25) is 0 Å². The van der Waals surface area contributed by atoms with Crippen molar-refractivity contribution in [2.45, 2.75) is 173 Å². The molecule has 12 saturated heterocycles. The molecule has 12 fully saturated rings. The van der Waals surface area contributed by atoms with Crippen molar-refractivity contribution in [1.29, 1.82) is 0 Å². The molecule has 8 bridgehead atoms. The molecule has 358 valence electrons. The zero-order valence-corrected chi connectivity index (χ0v) is 41.0. The maximum Gasteiger partial charge on any atom is 0.327 e. The van der Waals surface area contributed by atoms with E-state index in [1.54, 1.807) is 19.0 Å². The minimum atomic E-state index is -0.551. The van der Waals surface area contributed by atoms with E-state index in [0.717, 1.165) is 83.8 Å². The molecule has 64 heavy (non-hydrogen) atoms. The Bertz CT molecular complexity index is 1770. The second kappa shape index (κ2) is 16.1. The number of rotatable bonds is 0. The molecule has 9 amide bonds. The zero-order chi connectivity index (χ0) is 46.0. The molecule has 0 aromatic heterocycles. The van der Waals surface area contributed by atoms with Crippen molar-refractivity contribution in [3.05, 3.63) is 0 Å². The number of imide groups is 1. The molecule has 0 aromatic carbocycles. The molecule has 8 unspecified atom stereocenters. The average molecular weight is 893 g/mol. The maximum absolute atomic E-state index is 12.4. The summed E-state index contributed by atoms with van der Waals surface area (Å²) < 4.78 is 0. The van der Waals surface area contributed by atoms with Crippen molar-refractivity contribution in [2.75, 3.05) is 97.2 Å². The normalized spacial score (nSPS) is 43.5. The summed E-state index contributed by atoms with van der Waals surface area (Å²) in [5, 5.41) is 3.64. The summed E-state index contributed by atoms with van der Waals surface area (Å²) in [7, 11) is 21.7. The van der Waals surface area contributed by atoms with Crippen LogP contribution in [-0.2, 0) is 4.79 Å². The van der Waals surface area contributed by atoms with Crippen LogP contribution in [0.15, 0.2) is 0 Å². The van der Waals surface area contributed by atoms with Crippen LogP contribution in [0.5, 0.6) is 0 Å². The van der Waals surface area contributed by atoms with Crippen molar-refractivity contribution in [3.8, 4) is 0 Å². The van der Waals surface area contributed by atoms with Gasteiger partial charge in [-0.15, -0.1) is 0 Å². The fourth-order valence-corrected chi connectivity index (χ4v) is 15.6. The summed E-state index contributed by atoms with van der Waals surface area (Å²) in [6, 6.07) is 5.42. The van der Waals surface area contributed by atoms with Crippen molar-refractivity contribution in [3.63, 3.8) is 0 Å². The van der Waals surface area contributed by atoms with E-state index in [0.29, 0.717) is 48.3 Å². The van der Waals surface area contributed by atoms with Gasteiger partial charge >= 0.3 is 24.1 Å². The Morgan fingerprint density at radius 1 is 0.375 bits per heavy atom. The standard InChI is InChI=1S/C12H19N3O2.2C12H21N3O.C11H19N3O/c1-13-8-4-5-9(13)7-12(6-8)10(16)14(2)11(17)15(12)3;2*1-13-8-12(15(3)11(13)16)6-9-4-5-10(7-12)14(9)2;1-13-7-11(14(2)10(13)15)5-8-3-4-9(6-11)12-8/h8-9H,4-7H2,1-3H3;2*9-10H,4-8H2,1-3H3;8-9,12H,3-7H2,1-2H3. The summed E-state index contributed by atoms with van der Waals surface area (Å²) in [5.41, 5.74) is -0.165. The van der Waals surface area contributed by atoms with E-state index in [2.05, 4.69) is 41.2 Å². The van der Waals surface area contributed by atoms with Crippen molar-refractivity contribution < 1.29 is 24.0 Å². The molecule has 1 N–H and O–H groups in total. The number of likely N-dealkylation sites (N-methyl/N-ethyl adjacent to an activating group) is 8. The van der Waals surface area contributed by atoms with E-state index in [1.165, 1.54) is 43.4 Å². The molecule has 12 aliphatic heterocycles. The number of nitrogens with zero attached hydrogens (tertiary/aromatic N) is 11. The number of piperidine rings is 4. The van der Waals surface area contributed by atoms with Gasteiger partial charge in [-0.05, 0) is 124 Å². The lowest BCUT2D eigenvalue weighted by atomic mass is 9.82. The molecular formula is C47H80N12O5. The SMILES string of the molecule is CN1C(=O)N(C)C2(CC3CCC(C2)N3C)C1=O.CN1CC2(CC3CCC(C2)N3)N(C)C1=O.CN1CC2(CC3CCC(C2)N3C)N(C)C1=O.CN1CC2(CC3CCC(C2)N3C)N(C)C1=O. The highest BCUT2D eigenvalue weighted by Crippen LogP contribution is 2.48. The third kappa shape index (κ3) is 7.09. The van der Waals surface area contributed by atoms with Gasteiger partial charge in [-0.1, -0.05) is 0 Å². The maximum atomic E-state index is 12.4. The highest BCUT2D eigenvalue weighted by molar-refractivity contribution is 6.06. The smallest absolute Gasteiger partial charge is 0.325 e. The molecule has 17 heteroatoms. The zero-order valence-electron chi connectivity index (χ0n) is 41.0. The third-order valence-electron chi connectivity index (χ3n) is 19.6. The van der Waals surface area contributed by atoms with Crippen molar-refractivity contribution in [2.24, 2.45) is 0 Å². The minimum absolute atomic E-state index is 0.00463. The van der Waals surface area contributed by atoms with E-state index in [1.807, 2.05) is 71.7 Å². The van der Waals surface area contributed by atoms with Gasteiger partial charge in [0.1, 0.15) is 5.54 Å². The van der Waals surface area contributed by atoms with Crippen LogP contribution >= 0.6 is 0 Å². The van der Waals surface area contributed by atoms with Crippen LogP contribution in [-0.4, -0.2) is 252 Å². The lowest BCUT2D eigenvalue weighted by molar-refractivity contribution is -0.135. The molecule has 8 atom stereocenters. The highest BCUT2D eigenvalue weighted by Gasteiger charge is 2.61. The molecule has 17 nitrogen and oxygen atoms in total. The third-order valence-corrected chi connectivity index (χ3v) is 19.6. The highest BCUT2D eigenvalue weighted by atomic mass is 16.2. The van der Waals surface area contributed by atoms with Gasteiger partial charge in [0.25, 0.3) is 5.91 Å². The van der Waals surface area contributed by atoms with Crippen LogP contribution in [0.1, 0.15) is 103 Å². The molecule has 4 spiro atoms. The number of hydrogen-bond donors (Lipinski definition) is 1. The summed E-state index contributed by atoms with van der Waals surface area (Å²) in [6.07, 6.45) is 18.6. The monoisotopic (exact) mass is 893 g/mol. The second-order valence-electron chi connectivity index (χ2n) is 22.9. The van der Waals surface area contributed by atoms with Gasteiger partial charge in [-0.2, -0.15) is 0 Å². The second-order valence-corrected chi connectivity index (χ2v) is 22.9. The molecule has 12 rings (SSSR count). The first kappa shape index (κ1) is 45.7. The van der Waals surface area contributed by atoms with Crippen LogP contribution < -0.4 is 5.32 Å². The molecular weight excluding hydrogens is 813 g/mol. The van der Waals surface area contributed by atoms with Gasteiger partial charge in [-0.25, -0.2) is 19.2 Å². The fourth-order valence-electron chi connectivity index (χ4n) is 15.6. The number of urea groups is 4. The van der Waals surface area contributed by atoms with E-state index in [9.17, 15) is 24.0 Å². The van der Waals surface area contributed by atoms with Crippen LogP contribution in [0.4, 0.5) is 19.2 Å². The van der Waals surface area contributed by atoms with E-state index >= 15 is 0 Å². The Labute approximate surface area is 382 Å². The van der Waals surface area contributed by atoms with Gasteiger partial charge in [0, 0.05) is 124 Å². The summed E-state index contributed by atoms with van der Waals surface area (Å²) in [6.45, 7) is 2.75. The number of fused-ring (bicyclic) bond motifs is 8. The number of carbonyl (C=O) groups is 5. The number of nitrogens with one attached hydrogen (secondary N) is 1. The predicted octanol–water partition coefficient (Wildman–Crippen LogP) is 3.10. The quantitative estimate of drug-likeness (QED) is 0.365. The van der Waals surface area contributed by atoms with Gasteiger partial charge in [0.15, 0.2) is 0 Å². The fraction of sp³-hybridized carbons (Fsp3) is 0.894. The van der Waals surface area contributed by atoms with Crippen molar-refractivity contribution in [1.82, 2.24) is 59.2 Å². The first-order chi connectivity index (χ1) is 30.1. The van der Waals surface area contributed by atoms with Gasteiger partial charge in [-0.3, -0.25) is 9.69 Å². The average Bonchev–Trinajstić information content (AvgIpc) is 4.02. The van der Waals surface area contributed by atoms with Crippen LogP contribution in [0, 0.1) is 0 Å². The van der Waals surface area contributed by atoms with E-state index < -0.39 is 5.54 Å². The molecule has 12 aliphatic rings. The van der Waals surface area contributed by atoms with E-state index in [-0.39, 0.29) is 46.6 Å². The summed E-state index contributed by atoms with van der Waals surface area (Å²) in [5.74, 6) is -0.00463. The van der Waals surface area contributed by atoms with Gasteiger partial charge in [0.2, 0.25) is 0 Å². The Morgan fingerprint density at radius 2 is 0.672 bits per heavy atom. The molecule has 0 aromatic rings. The minimum Gasteiger partial charge on any atom is -0.325 e. The largest absolute Gasteiger partial charge is 0.327 e. The number of hydrogen-bond acceptors (Lipinski definition) is 9. The topological polar surface area (TPSA) is 133 Å². The van der Waals surface area contributed by atoms with Crippen LogP contribution in [0.25, 0.3) is 0 Å². The van der Waals surface area contributed by atoms with Gasteiger partial charge in [0.05, 0.1) is 16.6 Å². The summed E-state index contributed by atoms with van der Waals surface area (Å²) in [4.78, 5) is 82.0. The number of carbonyl (C=O) groups excluding carboxylic acids is 5. The molecule has 0 aliphatic carbocycles.